The van der Waals surface area contributed by atoms with Gasteiger partial charge < -0.3 is 9.84 Å². The highest BCUT2D eigenvalue weighted by Gasteiger charge is 2.01. The van der Waals surface area contributed by atoms with Crippen LogP contribution in [-0.4, -0.2) is 12.2 Å². The number of hydrogen-bond donors (Lipinski definition) is 1. The molecule has 1 rings (SSSR count). The smallest absolute Gasteiger partial charge is 0.160 e. The number of thioether (sulfide) groups is 1. The van der Waals surface area contributed by atoms with Gasteiger partial charge in [0.05, 0.1) is 7.11 Å². The molecule has 4 heteroatoms. The molecule has 0 radical (unpaired) electrons. The maximum atomic E-state index is 9.26. The van der Waals surface area contributed by atoms with Gasteiger partial charge in [-0.25, -0.2) is 0 Å². The number of methoxy groups -OCH3 is 1. The second-order valence-corrected chi connectivity index (χ2v) is 3.15. The lowest BCUT2D eigenvalue weighted by Crippen LogP contribution is -1.86. The summed E-state index contributed by atoms with van der Waals surface area (Å²) in [5, 5.41) is 19.6. The van der Waals surface area contributed by atoms with Crippen molar-refractivity contribution in [1.29, 1.82) is 5.26 Å². The predicted molar refractivity (Wildman–Crippen MR) is 51.6 cm³/mol. The number of phenolic OH excluding ortho intramolecular Hbond substituents is 1. The van der Waals surface area contributed by atoms with Gasteiger partial charge in [0.25, 0.3) is 0 Å². The number of hydrogen-bond acceptors (Lipinski definition) is 4. The lowest BCUT2D eigenvalue weighted by Gasteiger charge is -2.04. The first-order valence-electron chi connectivity index (χ1n) is 3.64. The van der Waals surface area contributed by atoms with Gasteiger partial charge in [-0.1, -0.05) is 6.07 Å². The Bertz CT molecular complexity index is 333. The van der Waals surface area contributed by atoms with Crippen LogP contribution in [0.15, 0.2) is 18.2 Å². The van der Waals surface area contributed by atoms with Crippen LogP contribution in [0.25, 0.3) is 0 Å². The van der Waals surface area contributed by atoms with Crippen LogP contribution in [0.2, 0.25) is 0 Å². The topological polar surface area (TPSA) is 53.2 Å². The molecule has 0 unspecified atom stereocenters. The van der Waals surface area contributed by atoms with E-state index in [9.17, 15) is 5.11 Å². The highest BCUT2D eigenvalue weighted by atomic mass is 32.2. The minimum absolute atomic E-state index is 0.119. The van der Waals surface area contributed by atoms with E-state index in [1.165, 1.54) is 7.11 Å². The van der Waals surface area contributed by atoms with Crippen LogP contribution in [0.1, 0.15) is 5.56 Å². The Morgan fingerprint density at radius 2 is 2.38 bits per heavy atom. The number of thiocyanates is 1. The number of ether oxygens (including phenoxy) is 1. The van der Waals surface area contributed by atoms with Crippen LogP contribution < -0.4 is 4.74 Å². The monoisotopic (exact) mass is 195 g/mol. The van der Waals surface area contributed by atoms with Crippen LogP contribution in [-0.2, 0) is 5.75 Å². The number of nitriles is 1. The fraction of sp³-hybridized carbons (Fsp3) is 0.222. The summed E-state index contributed by atoms with van der Waals surface area (Å²) in [4.78, 5) is 0. The first-order chi connectivity index (χ1) is 6.27. The van der Waals surface area contributed by atoms with Crippen molar-refractivity contribution in [3.63, 3.8) is 0 Å². The fourth-order valence-corrected chi connectivity index (χ4v) is 1.34. The van der Waals surface area contributed by atoms with Gasteiger partial charge in [0.2, 0.25) is 0 Å². The SMILES string of the molecule is COc1cc(CSC#N)ccc1O. The van der Waals surface area contributed by atoms with Crippen molar-refractivity contribution < 1.29 is 9.84 Å². The summed E-state index contributed by atoms with van der Waals surface area (Å²) in [5.41, 5.74) is 0.959. The molecule has 0 fully saturated rings. The standard InChI is InChI=1S/C9H9NO2S/c1-12-9-4-7(5-13-6-10)2-3-8(9)11/h2-4,11H,5H2,1H3. The minimum Gasteiger partial charge on any atom is -0.504 e. The molecule has 13 heavy (non-hydrogen) atoms. The molecule has 1 N–H and O–H groups in total. The van der Waals surface area contributed by atoms with E-state index < -0.39 is 0 Å². The predicted octanol–water partition coefficient (Wildman–Crippen LogP) is 2.12. The Balaban J connectivity index is 2.81. The van der Waals surface area contributed by atoms with Gasteiger partial charge in [0.15, 0.2) is 11.5 Å². The molecule has 0 saturated carbocycles. The lowest BCUT2D eigenvalue weighted by atomic mass is 10.2. The summed E-state index contributed by atoms with van der Waals surface area (Å²) in [6.07, 6.45) is 0. The molecule has 0 bridgehead atoms. The molecule has 0 atom stereocenters. The third-order valence-electron chi connectivity index (χ3n) is 1.55. The lowest BCUT2D eigenvalue weighted by molar-refractivity contribution is 0.373. The molecule has 0 spiro atoms. The van der Waals surface area contributed by atoms with E-state index in [-0.39, 0.29) is 5.75 Å². The van der Waals surface area contributed by atoms with E-state index in [1.54, 1.807) is 18.2 Å². The Kier molecular flexibility index (Phi) is 3.47. The van der Waals surface area contributed by atoms with Crippen molar-refractivity contribution in [3.8, 4) is 16.9 Å². The minimum atomic E-state index is 0.119. The fourth-order valence-electron chi connectivity index (χ4n) is 0.927. The molecule has 0 aliphatic carbocycles. The van der Waals surface area contributed by atoms with Crippen LogP contribution in [0.4, 0.5) is 0 Å². The first kappa shape index (κ1) is 9.75. The summed E-state index contributed by atoms with van der Waals surface area (Å²) in [7, 11) is 1.50. The Morgan fingerprint density at radius 3 is 3.00 bits per heavy atom. The van der Waals surface area contributed by atoms with Gasteiger partial charge >= 0.3 is 0 Å². The van der Waals surface area contributed by atoms with E-state index in [4.69, 9.17) is 10.00 Å². The van der Waals surface area contributed by atoms with Crippen molar-refractivity contribution in [1.82, 2.24) is 0 Å². The second kappa shape index (κ2) is 4.63. The van der Waals surface area contributed by atoms with Gasteiger partial charge in [-0.3, -0.25) is 0 Å². The Morgan fingerprint density at radius 1 is 1.62 bits per heavy atom. The van der Waals surface area contributed by atoms with E-state index in [0.29, 0.717) is 11.5 Å². The number of phenols is 1. The molecule has 3 nitrogen and oxygen atoms in total. The molecule has 0 saturated heterocycles. The van der Waals surface area contributed by atoms with E-state index in [0.717, 1.165) is 17.3 Å². The highest BCUT2D eigenvalue weighted by Crippen LogP contribution is 2.27. The van der Waals surface area contributed by atoms with Crippen molar-refractivity contribution in [2.24, 2.45) is 0 Å². The van der Waals surface area contributed by atoms with E-state index in [2.05, 4.69) is 0 Å². The summed E-state index contributed by atoms with van der Waals surface area (Å²) in [6.45, 7) is 0. The molecular formula is C9H9NO2S. The summed E-state index contributed by atoms with van der Waals surface area (Å²) in [5.74, 6) is 1.16. The summed E-state index contributed by atoms with van der Waals surface area (Å²) < 4.78 is 4.92. The van der Waals surface area contributed by atoms with Crippen molar-refractivity contribution in [2.45, 2.75) is 5.75 Å². The average Bonchev–Trinajstić information content (AvgIpc) is 2.16. The highest BCUT2D eigenvalue weighted by molar-refractivity contribution is 8.02. The molecule has 0 amide bonds. The Labute approximate surface area is 80.9 Å². The van der Waals surface area contributed by atoms with Gasteiger partial charge in [-0.15, -0.1) is 0 Å². The number of aromatic hydroxyl groups is 1. The number of benzene rings is 1. The maximum absolute atomic E-state index is 9.26. The summed E-state index contributed by atoms with van der Waals surface area (Å²) >= 11 is 1.15. The zero-order chi connectivity index (χ0) is 9.68. The zero-order valence-electron chi connectivity index (χ0n) is 7.15. The maximum Gasteiger partial charge on any atom is 0.160 e. The molecule has 68 valence electrons. The van der Waals surface area contributed by atoms with Gasteiger partial charge in [0, 0.05) is 5.75 Å². The third kappa shape index (κ3) is 2.56. The number of nitrogens with zero attached hydrogens (tertiary/aromatic N) is 1. The third-order valence-corrected chi connectivity index (χ3v) is 2.15. The first-order valence-corrected chi connectivity index (χ1v) is 4.63. The zero-order valence-corrected chi connectivity index (χ0v) is 7.97. The van der Waals surface area contributed by atoms with Crippen molar-refractivity contribution in [2.75, 3.05) is 7.11 Å². The van der Waals surface area contributed by atoms with Gasteiger partial charge in [0.1, 0.15) is 5.40 Å². The van der Waals surface area contributed by atoms with Crippen LogP contribution in [0, 0.1) is 10.7 Å². The molecule has 0 aliphatic rings. The normalized spacial score (nSPS) is 9.23. The van der Waals surface area contributed by atoms with Crippen LogP contribution in [0.5, 0.6) is 11.5 Å². The molecule has 0 aliphatic heterocycles. The second-order valence-electron chi connectivity index (χ2n) is 2.39. The molecular weight excluding hydrogens is 186 g/mol. The molecule has 1 aromatic rings. The average molecular weight is 195 g/mol. The van der Waals surface area contributed by atoms with Crippen molar-refractivity contribution >= 4 is 11.8 Å². The largest absolute Gasteiger partial charge is 0.504 e. The van der Waals surface area contributed by atoms with Crippen molar-refractivity contribution in [3.05, 3.63) is 23.8 Å². The van der Waals surface area contributed by atoms with E-state index >= 15 is 0 Å². The van der Waals surface area contributed by atoms with Crippen LogP contribution >= 0.6 is 11.8 Å². The van der Waals surface area contributed by atoms with Gasteiger partial charge in [-0.2, -0.15) is 5.26 Å². The molecule has 1 aromatic carbocycles. The number of rotatable bonds is 3. The molecule has 0 aromatic heterocycles. The van der Waals surface area contributed by atoms with Gasteiger partial charge in [-0.05, 0) is 29.5 Å². The quantitative estimate of drug-likeness (QED) is 0.750. The van der Waals surface area contributed by atoms with E-state index in [1.807, 2.05) is 5.40 Å². The summed E-state index contributed by atoms with van der Waals surface area (Å²) in [6, 6.07) is 5.05. The van der Waals surface area contributed by atoms with Crippen LogP contribution in [0.3, 0.4) is 0 Å². The molecule has 0 heterocycles. The Hall–Kier alpha value is -1.34.